The van der Waals surface area contributed by atoms with E-state index in [1.54, 1.807) is 0 Å². The third-order valence-corrected chi connectivity index (χ3v) is 3.20. The van der Waals surface area contributed by atoms with E-state index < -0.39 is 23.6 Å². The number of carbonyl (C=O) groups excluding carboxylic acids is 1. The van der Waals surface area contributed by atoms with E-state index in [0.29, 0.717) is 0 Å². The van der Waals surface area contributed by atoms with Crippen LogP contribution in [0.4, 0.5) is 18.9 Å². The molecule has 20 heavy (non-hydrogen) atoms. The van der Waals surface area contributed by atoms with Crippen molar-refractivity contribution in [2.24, 2.45) is 0 Å². The largest absolute Gasteiger partial charge is 0.481 e. The number of carboxylic acids is 1. The topological polar surface area (TPSA) is 66.4 Å². The van der Waals surface area contributed by atoms with Gasteiger partial charge in [-0.3, -0.25) is 9.59 Å². The summed E-state index contributed by atoms with van der Waals surface area (Å²) in [5, 5.41) is 10.7. The van der Waals surface area contributed by atoms with Crippen LogP contribution in [0.2, 0.25) is 0 Å². The van der Waals surface area contributed by atoms with Crippen molar-refractivity contribution in [1.82, 2.24) is 0 Å². The molecule has 1 rings (SSSR count). The first-order valence-electron chi connectivity index (χ1n) is 5.47. The maximum Gasteiger partial charge on any atom is 0.416 e. The van der Waals surface area contributed by atoms with Gasteiger partial charge in [-0.25, -0.2) is 0 Å². The summed E-state index contributed by atoms with van der Waals surface area (Å²) in [4.78, 5) is 21.7. The molecule has 0 heterocycles. The molecule has 1 aromatic rings. The van der Waals surface area contributed by atoms with Crippen molar-refractivity contribution in [3.8, 4) is 0 Å². The molecule has 0 saturated carbocycles. The van der Waals surface area contributed by atoms with Crippen molar-refractivity contribution >= 4 is 29.3 Å². The summed E-state index contributed by atoms with van der Waals surface area (Å²) in [6.45, 7) is 1.33. The summed E-state index contributed by atoms with van der Waals surface area (Å²) in [7, 11) is 0. The molecule has 0 aromatic heterocycles. The van der Waals surface area contributed by atoms with E-state index in [2.05, 4.69) is 5.32 Å². The number of carbonyl (C=O) groups is 2. The van der Waals surface area contributed by atoms with Gasteiger partial charge in [0, 0.05) is 5.69 Å². The molecule has 0 radical (unpaired) electrons. The van der Waals surface area contributed by atoms with Crippen LogP contribution >= 0.6 is 11.8 Å². The van der Waals surface area contributed by atoms with E-state index in [1.807, 2.05) is 0 Å². The Kier molecular flexibility index (Phi) is 5.43. The van der Waals surface area contributed by atoms with Crippen LogP contribution in [-0.4, -0.2) is 28.5 Å². The van der Waals surface area contributed by atoms with E-state index in [1.165, 1.54) is 19.1 Å². The van der Waals surface area contributed by atoms with Gasteiger partial charge in [0.25, 0.3) is 0 Å². The minimum Gasteiger partial charge on any atom is -0.481 e. The van der Waals surface area contributed by atoms with Gasteiger partial charge in [-0.1, -0.05) is 6.07 Å². The highest BCUT2D eigenvalue weighted by atomic mass is 32.2. The van der Waals surface area contributed by atoms with E-state index in [9.17, 15) is 22.8 Å². The van der Waals surface area contributed by atoms with Gasteiger partial charge in [-0.2, -0.15) is 13.2 Å². The maximum absolute atomic E-state index is 12.7. The summed E-state index contributed by atoms with van der Waals surface area (Å²) >= 11 is 0.868. The van der Waals surface area contributed by atoms with Gasteiger partial charge in [0.1, 0.15) is 0 Å². The van der Waals surface area contributed by atoms with E-state index in [-0.39, 0.29) is 22.8 Å². The monoisotopic (exact) mass is 307 g/mol. The van der Waals surface area contributed by atoms with E-state index >= 15 is 0 Å². The maximum atomic E-state index is 12.7. The number of nitrogens with one attached hydrogen (secondary N) is 1. The Hall–Kier alpha value is -1.70. The van der Waals surface area contributed by atoms with Gasteiger partial charge in [0.05, 0.1) is 17.1 Å². The van der Waals surface area contributed by atoms with Crippen molar-refractivity contribution in [2.75, 3.05) is 16.8 Å². The molecule has 0 aliphatic carbocycles. The first kappa shape index (κ1) is 16.4. The Balaban J connectivity index is 2.69. The van der Waals surface area contributed by atoms with Crippen LogP contribution in [0.15, 0.2) is 18.2 Å². The Bertz CT molecular complexity index is 517. The van der Waals surface area contributed by atoms with Crippen LogP contribution in [0.3, 0.4) is 0 Å². The number of alkyl halides is 3. The Morgan fingerprint density at radius 2 is 1.95 bits per heavy atom. The van der Waals surface area contributed by atoms with Crippen molar-refractivity contribution in [3.63, 3.8) is 0 Å². The zero-order valence-corrected chi connectivity index (χ0v) is 11.3. The van der Waals surface area contributed by atoms with Gasteiger partial charge >= 0.3 is 12.1 Å². The fraction of sp³-hybridized carbons (Fsp3) is 0.333. The van der Waals surface area contributed by atoms with Crippen LogP contribution in [0.1, 0.15) is 11.1 Å². The number of aliphatic carboxylic acids is 1. The van der Waals surface area contributed by atoms with Crippen molar-refractivity contribution in [2.45, 2.75) is 13.1 Å². The normalized spacial score (nSPS) is 11.2. The lowest BCUT2D eigenvalue weighted by molar-refractivity contribution is -0.138. The summed E-state index contributed by atoms with van der Waals surface area (Å²) in [6, 6.07) is 3.49. The second-order valence-electron chi connectivity index (χ2n) is 3.96. The second kappa shape index (κ2) is 6.65. The molecule has 1 aromatic carbocycles. The number of carboxylic acid groups (broad SMARTS) is 1. The average Bonchev–Trinajstić information content (AvgIpc) is 2.29. The lowest BCUT2D eigenvalue weighted by Crippen LogP contribution is -2.16. The lowest BCUT2D eigenvalue weighted by atomic mass is 10.1. The molecular weight excluding hydrogens is 295 g/mol. The summed E-state index contributed by atoms with van der Waals surface area (Å²) in [5.41, 5.74) is -0.715. The second-order valence-corrected chi connectivity index (χ2v) is 4.95. The van der Waals surface area contributed by atoms with Crippen LogP contribution in [0, 0.1) is 6.92 Å². The fourth-order valence-electron chi connectivity index (χ4n) is 1.43. The zero-order chi connectivity index (χ0) is 15.3. The molecule has 0 unspecified atom stereocenters. The molecule has 4 nitrogen and oxygen atoms in total. The van der Waals surface area contributed by atoms with Crippen molar-refractivity contribution in [1.29, 1.82) is 0 Å². The smallest absolute Gasteiger partial charge is 0.416 e. The molecule has 0 fully saturated rings. The molecule has 1 amide bonds. The number of anilines is 1. The molecule has 0 atom stereocenters. The molecular formula is C12H12F3NO3S. The molecule has 0 bridgehead atoms. The van der Waals surface area contributed by atoms with E-state index in [4.69, 9.17) is 5.11 Å². The minimum atomic E-state index is -4.48. The molecule has 110 valence electrons. The van der Waals surface area contributed by atoms with Gasteiger partial charge in [-0.05, 0) is 24.6 Å². The van der Waals surface area contributed by atoms with Crippen molar-refractivity contribution < 1.29 is 27.9 Å². The molecule has 0 spiro atoms. The van der Waals surface area contributed by atoms with Gasteiger partial charge < -0.3 is 10.4 Å². The fourth-order valence-corrected chi connectivity index (χ4v) is 1.97. The van der Waals surface area contributed by atoms with Gasteiger partial charge in [0.2, 0.25) is 5.91 Å². The molecule has 8 heteroatoms. The highest BCUT2D eigenvalue weighted by Crippen LogP contribution is 2.33. The lowest BCUT2D eigenvalue weighted by Gasteiger charge is -2.12. The van der Waals surface area contributed by atoms with Crippen LogP contribution in [-0.2, 0) is 15.8 Å². The number of rotatable bonds is 5. The highest BCUT2D eigenvalue weighted by Gasteiger charge is 2.32. The SMILES string of the molecule is Cc1ccc(NC(=O)CSCC(=O)O)cc1C(F)(F)F. The number of hydrogen-bond donors (Lipinski definition) is 2. The predicted octanol–water partition coefficient (Wildman–Crippen LogP) is 2.77. The van der Waals surface area contributed by atoms with Crippen molar-refractivity contribution in [3.05, 3.63) is 29.3 Å². The summed E-state index contributed by atoms with van der Waals surface area (Å²) in [6.07, 6.45) is -4.48. The number of aryl methyl sites for hydroxylation is 1. The number of benzene rings is 1. The number of thioether (sulfide) groups is 1. The first-order valence-corrected chi connectivity index (χ1v) is 6.63. The molecule has 0 saturated heterocycles. The number of halogens is 3. The van der Waals surface area contributed by atoms with Crippen LogP contribution in [0.5, 0.6) is 0 Å². The minimum absolute atomic E-state index is 0.0313. The Morgan fingerprint density at radius 1 is 1.30 bits per heavy atom. The third kappa shape index (κ3) is 5.12. The number of amides is 1. The van der Waals surface area contributed by atoms with Crippen LogP contribution in [0.25, 0.3) is 0 Å². The third-order valence-electron chi connectivity index (χ3n) is 2.29. The molecule has 0 aliphatic heterocycles. The van der Waals surface area contributed by atoms with E-state index in [0.717, 1.165) is 17.8 Å². The standard InChI is InChI=1S/C12H12F3NO3S/c1-7-2-3-8(4-9(7)12(13,14)15)16-10(17)5-20-6-11(18)19/h2-4H,5-6H2,1H3,(H,16,17)(H,18,19). The summed E-state index contributed by atoms with van der Waals surface area (Å²) in [5.74, 6) is -1.98. The quantitative estimate of drug-likeness (QED) is 0.878. The Labute approximate surface area is 117 Å². The highest BCUT2D eigenvalue weighted by molar-refractivity contribution is 8.00. The average molecular weight is 307 g/mol. The predicted molar refractivity (Wildman–Crippen MR) is 69.8 cm³/mol. The summed E-state index contributed by atoms with van der Waals surface area (Å²) < 4.78 is 38.0. The first-order chi connectivity index (χ1) is 9.20. The Morgan fingerprint density at radius 3 is 2.50 bits per heavy atom. The van der Waals surface area contributed by atoms with Crippen LogP contribution < -0.4 is 5.32 Å². The molecule has 2 N–H and O–H groups in total. The molecule has 0 aliphatic rings. The zero-order valence-electron chi connectivity index (χ0n) is 10.5. The van der Waals surface area contributed by atoms with Gasteiger partial charge in [0.15, 0.2) is 0 Å². The number of hydrogen-bond acceptors (Lipinski definition) is 3. The van der Waals surface area contributed by atoms with Gasteiger partial charge in [-0.15, -0.1) is 11.8 Å².